The predicted molar refractivity (Wildman–Crippen MR) is 86.3 cm³/mol. The first-order valence-corrected chi connectivity index (χ1v) is 7.98. The molecule has 21 heavy (non-hydrogen) atoms. The first-order chi connectivity index (χ1) is 9.97. The number of hydrogen-bond donors (Lipinski definition) is 1. The molecule has 0 aromatic heterocycles. The third kappa shape index (κ3) is 3.58. The standard InChI is InChI=1S/C18H27NO2/c1-5-21-17(20)18(11-13(2)10-14(3)12-18)19-16-9-7-6-8-15(16)4/h6-9,13-14,19H,5,10-12H2,1-4H3. The number of aryl methyl sites for hydroxylation is 1. The highest BCUT2D eigenvalue weighted by atomic mass is 16.5. The van der Waals surface area contributed by atoms with E-state index in [1.54, 1.807) is 0 Å². The predicted octanol–water partition coefficient (Wildman–Crippen LogP) is 4.16. The normalized spacial score (nSPS) is 29.0. The SMILES string of the molecule is CCOC(=O)C1(Nc2ccccc2C)CC(C)CC(C)C1. The van der Waals surface area contributed by atoms with Gasteiger partial charge in [-0.3, -0.25) is 0 Å². The third-order valence-corrected chi connectivity index (χ3v) is 4.38. The molecule has 0 spiro atoms. The number of nitrogens with one attached hydrogen (secondary N) is 1. The van der Waals surface area contributed by atoms with Gasteiger partial charge in [-0.15, -0.1) is 0 Å². The molecule has 0 radical (unpaired) electrons. The van der Waals surface area contributed by atoms with Crippen molar-refractivity contribution in [2.24, 2.45) is 11.8 Å². The molecule has 1 aromatic rings. The summed E-state index contributed by atoms with van der Waals surface area (Å²) in [6.45, 7) is 8.82. The number of anilines is 1. The number of rotatable bonds is 4. The van der Waals surface area contributed by atoms with E-state index in [9.17, 15) is 4.79 Å². The van der Waals surface area contributed by atoms with Gasteiger partial charge in [0, 0.05) is 5.69 Å². The van der Waals surface area contributed by atoms with Crippen LogP contribution in [-0.2, 0) is 9.53 Å². The molecule has 1 N–H and O–H groups in total. The van der Waals surface area contributed by atoms with E-state index in [2.05, 4.69) is 32.2 Å². The van der Waals surface area contributed by atoms with Crippen LogP contribution in [0.15, 0.2) is 24.3 Å². The first-order valence-electron chi connectivity index (χ1n) is 7.98. The van der Waals surface area contributed by atoms with Crippen LogP contribution >= 0.6 is 0 Å². The van der Waals surface area contributed by atoms with Gasteiger partial charge in [0.2, 0.25) is 0 Å². The van der Waals surface area contributed by atoms with Gasteiger partial charge >= 0.3 is 5.97 Å². The number of carbonyl (C=O) groups is 1. The number of hydrogen-bond acceptors (Lipinski definition) is 3. The van der Waals surface area contributed by atoms with E-state index in [0.29, 0.717) is 18.4 Å². The van der Waals surface area contributed by atoms with Crippen LogP contribution in [0.2, 0.25) is 0 Å². The smallest absolute Gasteiger partial charge is 0.331 e. The quantitative estimate of drug-likeness (QED) is 0.846. The molecule has 116 valence electrons. The first kappa shape index (κ1) is 15.9. The van der Waals surface area contributed by atoms with Crippen LogP contribution in [-0.4, -0.2) is 18.1 Å². The summed E-state index contributed by atoms with van der Waals surface area (Å²) in [7, 11) is 0. The Morgan fingerprint density at radius 2 is 1.90 bits per heavy atom. The average Bonchev–Trinajstić information content (AvgIpc) is 2.40. The van der Waals surface area contributed by atoms with E-state index < -0.39 is 5.54 Å². The molecule has 0 saturated heterocycles. The van der Waals surface area contributed by atoms with Gasteiger partial charge in [0.15, 0.2) is 0 Å². The number of ether oxygens (including phenoxy) is 1. The van der Waals surface area contributed by atoms with Gasteiger partial charge in [0.05, 0.1) is 6.61 Å². The highest BCUT2D eigenvalue weighted by Gasteiger charge is 2.45. The van der Waals surface area contributed by atoms with Crippen LogP contribution in [0.1, 0.15) is 45.6 Å². The monoisotopic (exact) mass is 289 g/mol. The second-order valence-electron chi connectivity index (χ2n) is 6.60. The zero-order chi connectivity index (χ0) is 15.5. The van der Waals surface area contributed by atoms with Gasteiger partial charge in [0.1, 0.15) is 5.54 Å². The lowest BCUT2D eigenvalue weighted by Crippen LogP contribution is -2.52. The molecular weight excluding hydrogens is 262 g/mol. The third-order valence-electron chi connectivity index (χ3n) is 4.38. The summed E-state index contributed by atoms with van der Waals surface area (Å²) in [5.74, 6) is 0.941. The minimum Gasteiger partial charge on any atom is -0.464 e. The Hall–Kier alpha value is -1.51. The van der Waals surface area contributed by atoms with Crippen LogP contribution in [0.3, 0.4) is 0 Å². The van der Waals surface area contributed by atoms with Gasteiger partial charge in [-0.2, -0.15) is 0 Å². The summed E-state index contributed by atoms with van der Waals surface area (Å²) in [6, 6.07) is 8.13. The topological polar surface area (TPSA) is 38.3 Å². The van der Waals surface area contributed by atoms with Crippen molar-refractivity contribution in [3.8, 4) is 0 Å². The Morgan fingerprint density at radius 3 is 2.48 bits per heavy atom. The summed E-state index contributed by atoms with van der Waals surface area (Å²) in [4.78, 5) is 12.6. The van der Waals surface area contributed by atoms with Gasteiger partial charge < -0.3 is 10.1 Å². The summed E-state index contributed by atoms with van der Waals surface area (Å²) in [5, 5.41) is 3.53. The molecule has 3 heteroatoms. The van der Waals surface area contributed by atoms with Crippen molar-refractivity contribution in [1.82, 2.24) is 0 Å². The van der Waals surface area contributed by atoms with Crippen molar-refractivity contribution in [2.75, 3.05) is 11.9 Å². The molecule has 1 aliphatic carbocycles. The van der Waals surface area contributed by atoms with Crippen molar-refractivity contribution in [3.63, 3.8) is 0 Å². The Balaban J connectivity index is 2.32. The van der Waals surface area contributed by atoms with Gasteiger partial charge in [0.25, 0.3) is 0 Å². The largest absolute Gasteiger partial charge is 0.464 e. The van der Waals surface area contributed by atoms with E-state index >= 15 is 0 Å². The lowest BCUT2D eigenvalue weighted by Gasteiger charge is -2.42. The van der Waals surface area contributed by atoms with Gasteiger partial charge in [-0.05, 0) is 56.6 Å². The number of benzene rings is 1. The molecule has 2 atom stereocenters. The van der Waals surface area contributed by atoms with E-state index in [1.807, 2.05) is 25.1 Å². The second kappa shape index (κ2) is 6.50. The fraction of sp³-hybridized carbons (Fsp3) is 0.611. The van der Waals surface area contributed by atoms with Crippen LogP contribution < -0.4 is 5.32 Å². The minimum atomic E-state index is -0.584. The van der Waals surface area contributed by atoms with Crippen LogP contribution in [0.25, 0.3) is 0 Å². The van der Waals surface area contributed by atoms with Gasteiger partial charge in [-0.1, -0.05) is 32.0 Å². The maximum absolute atomic E-state index is 12.6. The van der Waals surface area contributed by atoms with Crippen molar-refractivity contribution in [3.05, 3.63) is 29.8 Å². The molecular formula is C18H27NO2. The highest BCUT2D eigenvalue weighted by molar-refractivity contribution is 5.85. The van der Waals surface area contributed by atoms with Crippen LogP contribution in [0, 0.1) is 18.8 Å². The minimum absolute atomic E-state index is 0.105. The average molecular weight is 289 g/mol. The molecule has 1 aliphatic rings. The number of esters is 1. The van der Waals surface area contributed by atoms with Crippen LogP contribution in [0.5, 0.6) is 0 Å². The molecule has 2 unspecified atom stereocenters. The number of carbonyl (C=O) groups excluding carboxylic acids is 1. The lowest BCUT2D eigenvalue weighted by atomic mass is 9.71. The van der Waals surface area contributed by atoms with Crippen molar-refractivity contribution < 1.29 is 9.53 Å². The fourth-order valence-corrected chi connectivity index (χ4v) is 3.69. The van der Waals surface area contributed by atoms with Crippen molar-refractivity contribution in [2.45, 2.75) is 52.5 Å². The Morgan fingerprint density at radius 1 is 1.29 bits per heavy atom. The number of para-hydroxylation sites is 1. The van der Waals surface area contributed by atoms with E-state index in [0.717, 1.165) is 24.1 Å². The Labute approximate surface area is 128 Å². The zero-order valence-electron chi connectivity index (χ0n) is 13.6. The molecule has 2 rings (SSSR count). The molecule has 0 amide bonds. The molecule has 0 bridgehead atoms. The fourth-order valence-electron chi connectivity index (χ4n) is 3.69. The summed E-state index contributed by atoms with van der Waals surface area (Å²) in [5.41, 5.74) is 1.61. The lowest BCUT2D eigenvalue weighted by molar-refractivity contribution is -0.151. The van der Waals surface area contributed by atoms with Crippen LogP contribution in [0.4, 0.5) is 5.69 Å². The molecule has 3 nitrogen and oxygen atoms in total. The molecule has 1 aromatic carbocycles. The van der Waals surface area contributed by atoms with E-state index in [4.69, 9.17) is 4.74 Å². The molecule has 0 aliphatic heterocycles. The summed E-state index contributed by atoms with van der Waals surface area (Å²) in [6.07, 6.45) is 2.85. The summed E-state index contributed by atoms with van der Waals surface area (Å²) < 4.78 is 5.39. The highest BCUT2D eigenvalue weighted by Crippen LogP contribution is 2.39. The summed E-state index contributed by atoms with van der Waals surface area (Å²) >= 11 is 0. The molecule has 1 saturated carbocycles. The van der Waals surface area contributed by atoms with Crippen molar-refractivity contribution in [1.29, 1.82) is 0 Å². The van der Waals surface area contributed by atoms with E-state index in [-0.39, 0.29) is 5.97 Å². The molecule has 0 heterocycles. The van der Waals surface area contributed by atoms with Crippen molar-refractivity contribution >= 4 is 11.7 Å². The van der Waals surface area contributed by atoms with E-state index in [1.165, 1.54) is 6.42 Å². The maximum Gasteiger partial charge on any atom is 0.331 e. The Bertz CT molecular complexity index is 488. The maximum atomic E-state index is 12.6. The zero-order valence-corrected chi connectivity index (χ0v) is 13.6. The second-order valence-corrected chi connectivity index (χ2v) is 6.60. The Kier molecular flexibility index (Phi) is 4.92. The van der Waals surface area contributed by atoms with Gasteiger partial charge in [-0.25, -0.2) is 4.79 Å². The molecule has 1 fully saturated rings.